The number of hydrogen-bond acceptors (Lipinski definition) is 5. The second-order valence-electron chi connectivity index (χ2n) is 20.0. The highest BCUT2D eigenvalue weighted by Gasteiger charge is 2.18. The van der Waals surface area contributed by atoms with Gasteiger partial charge in [-0.25, -0.2) is 0 Å². The molecule has 0 heterocycles. The summed E-state index contributed by atoms with van der Waals surface area (Å²) in [6, 6.07) is -0.624. The summed E-state index contributed by atoms with van der Waals surface area (Å²) in [5, 5.41) is 22.9. The van der Waals surface area contributed by atoms with Crippen molar-refractivity contribution in [1.29, 1.82) is 0 Å². The second-order valence-corrected chi connectivity index (χ2v) is 20.0. The summed E-state index contributed by atoms with van der Waals surface area (Å²) in [6.07, 6.45) is 69.0. The van der Waals surface area contributed by atoms with Gasteiger partial charge in [0.1, 0.15) is 0 Å². The molecule has 0 fully saturated rings. The summed E-state index contributed by atoms with van der Waals surface area (Å²) in [6.45, 7) is 4.85. The van der Waals surface area contributed by atoms with E-state index in [1.807, 2.05) is 6.08 Å². The Kier molecular flexibility index (Phi) is 54.1. The van der Waals surface area contributed by atoms with Crippen LogP contribution in [-0.2, 0) is 14.3 Å². The summed E-state index contributed by atoms with van der Waals surface area (Å²) < 4.78 is 5.48. The summed E-state index contributed by atoms with van der Waals surface area (Å²) >= 11 is 0. The molecule has 0 aliphatic heterocycles. The Morgan fingerprint density at radius 2 is 0.758 bits per heavy atom. The third-order valence-corrected chi connectivity index (χ3v) is 13.4. The molecule has 0 aromatic carbocycles. The van der Waals surface area contributed by atoms with Crippen LogP contribution in [0.2, 0.25) is 0 Å². The van der Waals surface area contributed by atoms with E-state index in [1.54, 1.807) is 6.08 Å². The fourth-order valence-electron chi connectivity index (χ4n) is 8.90. The predicted molar refractivity (Wildman–Crippen MR) is 287 cm³/mol. The van der Waals surface area contributed by atoms with Crippen molar-refractivity contribution in [2.45, 2.75) is 321 Å². The van der Waals surface area contributed by atoms with Crippen molar-refractivity contribution in [2.24, 2.45) is 0 Å². The number of unbranched alkanes of at least 4 members (excludes halogenated alkanes) is 39. The number of esters is 1. The van der Waals surface area contributed by atoms with E-state index in [-0.39, 0.29) is 18.5 Å². The lowest BCUT2D eigenvalue weighted by Gasteiger charge is -2.20. The van der Waals surface area contributed by atoms with Gasteiger partial charge in [-0.1, -0.05) is 269 Å². The zero-order chi connectivity index (χ0) is 47.9. The molecule has 0 bridgehead atoms. The highest BCUT2D eigenvalue weighted by atomic mass is 16.5. The van der Waals surface area contributed by atoms with Crippen molar-refractivity contribution in [2.75, 3.05) is 13.2 Å². The molecule has 0 aliphatic carbocycles. The molecule has 2 unspecified atom stereocenters. The van der Waals surface area contributed by atoms with Gasteiger partial charge in [0.25, 0.3) is 0 Å². The van der Waals surface area contributed by atoms with E-state index in [2.05, 4.69) is 43.5 Å². The molecule has 0 rings (SSSR count). The lowest BCUT2D eigenvalue weighted by molar-refractivity contribution is -0.143. The highest BCUT2D eigenvalue weighted by molar-refractivity contribution is 5.76. The second kappa shape index (κ2) is 55.7. The Balaban J connectivity index is 3.35. The van der Waals surface area contributed by atoms with E-state index >= 15 is 0 Å². The molecule has 0 spiro atoms. The Bertz CT molecular complexity index is 1070. The maximum atomic E-state index is 12.4. The largest absolute Gasteiger partial charge is 0.466 e. The minimum Gasteiger partial charge on any atom is -0.466 e. The first kappa shape index (κ1) is 64.1. The number of aliphatic hydroxyl groups excluding tert-OH is 2. The molecule has 0 saturated carbocycles. The van der Waals surface area contributed by atoms with E-state index in [0.717, 1.165) is 51.4 Å². The molecule has 0 aliphatic rings. The number of nitrogens with one attached hydrogen (secondary N) is 1. The van der Waals surface area contributed by atoms with Crippen molar-refractivity contribution < 1.29 is 24.5 Å². The zero-order valence-electron chi connectivity index (χ0n) is 44.2. The summed E-state index contributed by atoms with van der Waals surface area (Å²) in [5.41, 5.74) is 0. The predicted octanol–water partition coefficient (Wildman–Crippen LogP) is 18.0. The average Bonchev–Trinajstić information content (AvgIpc) is 3.32. The number of aliphatic hydroxyl groups is 2. The molecule has 3 N–H and O–H groups in total. The number of allylic oxidation sites excluding steroid dienone is 5. The van der Waals surface area contributed by atoms with E-state index in [4.69, 9.17) is 4.74 Å². The van der Waals surface area contributed by atoms with Crippen LogP contribution in [-0.4, -0.2) is 47.4 Å². The van der Waals surface area contributed by atoms with Crippen molar-refractivity contribution in [3.05, 3.63) is 36.5 Å². The molecule has 1 amide bonds. The summed E-state index contributed by atoms with van der Waals surface area (Å²) in [5.74, 6) is -0.0675. The maximum absolute atomic E-state index is 12.4. The topological polar surface area (TPSA) is 95.9 Å². The van der Waals surface area contributed by atoms with Gasteiger partial charge in [-0.3, -0.25) is 9.59 Å². The SMILES string of the molecule is CCCCC/C=C\C/C=C\CCCCCCCC(=O)OCCCCCCCCCCCCCCCCCCCCCCCCCCCC(=O)NC(CO)C(O)/C=C/CCCCCCCCC. The Morgan fingerprint density at radius 3 is 1.18 bits per heavy atom. The first-order valence-corrected chi connectivity index (χ1v) is 29.3. The van der Waals surface area contributed by atoms with Crippen molar-refractivity contribution in [3.8, 4) is 0 Å². The molecular weight excluding hydrogens is 815 g/mol. The Labute approximate surface area is 411 Å². The minimum atomic E-state index is -0.841. The fraction of sp³-hybridized carbons (Fsp3) is 0.867. The number of carbonyl (C=O) groups is 2. The quantitative estimate of drug-likeness (QED) is 0.0321. The monoisotopic (exact) mass is 928 g/mol. The molecule has 6 heteroatoms. The Morgan fingerprint density at radius 1 is 0.424 bits per heavy atom. The van der Waals surface area contributed by atoms with Crippen LogP contribution in [0.4, 0.5) is 0 Å². The van der Waals surface area contributed by atoms with Gasteiger partial charge < -0.3 is 20.3 Å². The van der Waals surface area contributed by atoms with Crippen LogP contribution >= 0.6 is 0 Å². The van der Waals surface area contributed by atoms with Gasteiger partial charge >= 0.3 is 5.97 Å². The van der Waals surface area contributed by atoms with Crippen molar-refractivity contribution in [1.82, 2.24) is 5.32 Å². The van der Waals surface area contributed by atoms with Gasteiger partial charge in [0.05, 0.1) is 25.4 Å². The smallest absolute Gasteiger partial charge is 0.305 e. The molecule has 0 aromatic rings. The van der Waals surface area contributed by atoms with Crippen LogP contribution in [0.1, 0.15) is 309 Å². The van der Waals surface area contributed by atoms with E-state index in [0.29, 0.717) is 19.4 Å². The molecule has 0 saturated heterocycles. The van der Waals surface area contributed by atoms with Gasteiger partial charge in [0.15, 0.2) is 0 Å². The molecule has 0 radical (unpaired) electrons. The Hall–Kier alpha value is -1.92. The first-order chi connectivity index (χ1) is 32.5. The summed E-state index contributed by atoms with van der Waals surface area (Å²) in [7, 11) is 0. The minimum absolute atomic E-state index is 0.00151. The van der Waals surface area contributed by atoms with Crippen LogP contribution < -0.4 is 5.32 Å². The van der Waals surface area contributed by atoms with Crippen LogP contribution in [0.25, 0.3) is 0 Å². The van der Waals surface area contributed by atoms with E-state index < -0.39 is 12.1 Å². The van der Waals surface area contributed by atoms with Crippen molar-refractivity contribution >= 4 is 11.9 Å². The van der Waals surface area contributed by atoms with Crippen LogP contribution in [0.15, 0.2) is 36.5 Å². The van der Waals surface area contributed by atoms with Gasteiger partial charge in [0, 0.05) is 12.8 Å². The lowest BCUT2D eigenvalue weighted by Crippen LogP contribution is -2.45. The number of rotatable bonds is 54. The third-order valence-electron chi connectivity index (χ3n) is 13.4. The third kappa shape index (κ3) is 51.5. The van der Waals surface area contributed by atoms with E-state index in [1.165, 1.54) is 231 Å². The number of carbonyl (C=O) groups excluding carboxylic acids is 2. The van der Waals surface area contributed by atoms with Crippen LogP contribution in [0, 0.1) is 0 Å². The number of ether oxygens (including phenoxy) is 1. The van der Waals surface area contributed by atoms with Crippen molar-refractivity contribution in [3.63, 3.8) is 0 Å². The lowest BCUT2D eigenvalue weighted by atomic mass is 10.0. The number of hydrogen-bond donors (Lipinski definition) is 3. The molecule has 388 valence electrons. The summed E-state index contributed by atoms with van der Waals surface area (Å²) in [4.78, 5) is 24.4. The molecule has 2 atom stereocenters. The normalized spacial score (nSPS) is 12.8. The molecule has 66 heavy (non-hydrogen) atoms. The zero-order valence-corrected chi connectivity index (χ0v) is 44.2. The molecule has 6 nitrogen and oxygen atoms in total. The van der Waals surface area contributed by atoms with Gasteiger partial charge in [0.2, 0.25) is 5.91 Å². The fourth-order valence-corrected chi connectivity index (χ4v) is 8.90. The maximum Gasteiger partial charge on any atom is 0.305 e. The molecule has 0 aromatic heterocycles. The van der Waals surface area contributed by atoms with Gasteiger partial charge in [-0.15, -0.1) is 0 Å². The van der Waals surface area contributed by atoms with Gasteiger partial charge in [-0.05, 0) is 64.2 Å². The average molecular weight is 929 g/mol. The van der Waals surface area contributed by atoms with Crippen LogP contribution in [0.5, 0.6) is 0 Å². The molecular formula is C60H113NO5. The first-order valence-electron chi connectivity index (χ1n) is 29.3. The standard InChI is InChI=1S/C60H113NO5/c1-3-5-7-9-11-13-14-15-27-31-34-38-42-46-50-54-60(65)66-55-51-47-43-39-35-32-29-26-24-22-20-18-16-17-19-21-23-25-28-30-33-37-41-45-49-53-59(64)61-57(56-62)58(63)52-48-44-40-36-12-10-8-6-4-2/h11,13,15,27,48,52,57-58,62-63H,3-10,12,14,16-26,28-47,49-51,53-56H2,1-2H3,(H,61,64)/b13-11-,27-15-,52-48+. The highest BCUT2D eigenvalue weighted by Crippen LogP contribution is 2.17. The van der Waals surface area contributed by atoms with E-state index in [9.17, 15) is 19.8 Å². The van der Waals surface area contributed by atoms with Crippen LogP contribution in [0.3, 0.4) is 0 Å². The van der Waals surface area contributed by atoms with Gasteiger partial charge in [-0.2, -0.15) is 0 Å². The number of amides is 1.